The molecule has 1 saturated heterocycles. The van der Waals surface area contributed by atoms with Crippen molar-refractivity contribution in [2.75, 3.05) is 51.3 Å². The Kier molecular flexibility index (Phi) is 7.60. The minimum atomic E-state index is -0.345. The van der Waals surface area contributed by atoms with E-state index in [1.165, 1.54) is 11.8 Å². The van der Waals surface area contributed by atoms with Gasteiger partial charge in [-0.2, -0.15) is 0 Å². The van der Waals surface area contributed by atoms with Crippen LogP contribution in [0.3, 0.4) is 0 Å². The number of methoxy groups -OCH3 is 1. The Labute approximate surface area is 182 Å². The first kappa shape index (κ1) is 22.0. The van der Waals surface area contributed by atoms with E-state index in [4.69, 9.17) is 13.9 Å². The summed E-state index contributed by atoms with van der Waals surface area (Å²) in [5.41, 5.74) is 1.38. The molecule has 0 aliphatic carbocycles. The third-order valence-corrected chi connectivity index (χ3v) is 5.28. The average Bonchev–Trinajstić information content (AvgIpc) is 2.77. The van der Waals surface area contributed by atoms with Gasteiger partial charge >= 0.3 is 5.63 Å². The Morgan fingerprint density at radius 3 is 2.57 bits per heavy atom. The van der Waals surface area contributed by atoms with Crippen molar-refractivity contribution < 1.29 is 13.9 Å². The Balaban J connectivity index is 0.00000256. The van der Waals surface area contributed by atoms with Gasteiger partial charge in [0, 0.05) is 50.2 Å². The predicted molar refractivity (Wildman–Crippen MR) is 121 cm³/mol. The van der Waals surface area contributed by atoms with Gasteiger partial charge in [-0.05, 0) is 36.8 Å². The van der Waals surface area contributed by atoms with Gasteiger partial charge < -0.3 is 18.8 Å². The first-order chi connectivity index (χ1) is 14.2. The van der Waals surface area contributed by atoms with E-state index >= 15 is 0 Å². The second kappa shape index (κ2) is 10.4. The smallest absolute Gasteiger partial charge is 0.336 e. The van der Waals surface area contributed by atoms with Crippen molar-refractivity contribution in [2.45, 2.75) is 6.42 Å². The maximum atomic E-state index is 11.4. The van der Waals surface area contributed by atoms with Gasteiger partial charge in [0.2, 0.25) is 0 Å². The number of anilines is 1. The summed E-state index contributed by atoms with van der Waals surface area (Å²) in [5, 5.41) is 0.893. The standard InChI is InChI=1S/C23H26N2O4.ClH/c1-27-21-6-3-2-5-20(21)25-14-12-24(13-15-25)11-4-16-28-19-9-7-18-8-10-23(26)29-22(18)17-19;/h2-3,5-10,17H,4,11-16H2,1H3;1H. The number of nitrogens with zero attached hydrogens (tertiary/aromatic N) is 2. The van der Waals surface area contributed by atoms with Crippen LogP contribution in [-0.2, 0) is 0 Å². The zero-order valence-corrected chi connectivity index (χ0v) is 17.9. The van der Waals surface area contributed by atoms with Crippen LogP contribution in [0.5, 0.6) is 11.5 Å². The van der Waals surface area contributed by atoms with Crippen molar-refractivity contribution in [3.05, 3.63) is 65.0 Å². The Morgan fingerprint density at radius 2 is 1.77 bits per heavy atom. The minimum Gasteiger partial charge on any atom is -0.495 e. The number of para-hydroxylation sites is 2. The predicted octanol–water partition coefficient (Wildman–Crippen LogP) is 3.81. The lowest BCUT2D eigenvalue weighted by Crippen LogP contribution is -2.46. The van der Waals surface area contributed by atoms with E-state index in [1.807, 2.05) is 24.3 Å². The fourth-order valence-corrected chi connectivity index (χ4v) is 3.71. The second-order valence-electron chi connectivity index (χ2n) is 7.16. The third-order valence-electron chi connectivity index (χ3n) is 5.28. The molecule has 0 N–H and O–H groups in total. The molecule has 160 valence electrons. The van der Waals surface area contributed by atoms with Crippen LogP contribution in [0.4, 0.5) is 5.69 Å². The number of halogens is 1. The highest BCUT2D eigenvalue weighted by Gasteiger charge is 2.19. The fourth-order valence-electron chi connectivity index (χ4n) is 3.71. The normalized spacial score (nSPS) is 14.4. The first-order valence-electron chi connectivity index (χ1n) is 10.00. The van der Waals surface area contributed by atoms with Gasteiger partial charge in [-0.1, -0.05) is 12.1 Å². The van der Waals surface area contributed by atoms with E-state index in [0.717, 1.165) is 56.0 Å². The number of hydrogen-bond donors (Lipinski definition) is 0. The largest absolute Gasteiger partial charge is 0.495 e. The highest BCUT2D eigenvalue weighted by Crippen LogP contribution is 2.28. The number of fused-ring (bicyclic) bond motifs is 1. The molecule has 0 bridgehead atoms. The lowest BCUT2D eigenvalue weighted by atomic mass is 10.2. The van der Waals surface area contributed by atoms with E-state index in [2.05, 4.69) is 21.9 Å². The van der Waals surface area contributed by atoms with Crippen LogP contribution in [0.25, 0.3) is 11.0 Å². The molecule has 0 atom stereocenters. The lowest BCUT2D eigenvalue weighted by molar-refractivity contribution is 0.224. The number of hydrogen-bond acceptors (Lipinski definition) is 6. The molecule has 1 aliphatic heterocycles. The Hall–Kier alpha value is -2.70. The topological polar surface area (TPSA) is 55.2 Å². The van der Waals surface area contributed by atoms with Crippen molar-refractivity contribution in [1.29, 1.82) is 0 Å². The van der Waals surface area contributed by atoms with Gasteiger partial charge in [-0.15, -0.1) is 12.4 Å². The highest BCUT2D eigenvalue weighted by molar-refractivity contribution is 5.85. The van der Waals surface area contributed by atoms with Crippen LogP contribution in [0, 0.1) is 0 Å². The van der Waals surface area contributed by atoms with Gasteiger partial charge in [0.1, 0.15) is 17.1 Å². The zero-order chi connectivity index (χ0) is 20.1. The van der Waals surface area contributed by atoms with E-state index in [0.29, 0.717) is 12.2 Å². The summed E-state index contributed by atoms with van der Waals surface area (Å²) in [4.78, 5) is 16.2. The van der Waals surface area contributed by atoms with E-state index in [1.54, 1.807) is 19.2 Å². The number of piperazine rings is 1. The number of benzene rings is 2. The summed E-state index contributed by atoms with van der Waals surface area (Å²) in [6, 6.07) is 17.0. The molecule has 2 aromatic carbocycles. The fraction of sp³-hybridized carbons (Fsp3) is 0.348. The maximum absolute atomic E-state index is 11.4. The zero-order valence-electron chi connectivity index (χ0n) is 17.1. The second-order valence-corrected chi connectivity index (χ2v) is 7.16. The molecule has 3 aromatic rings. The third kappa shape index (κ3) is 5.26. The van der Waals surface area contributed by atoms with Crippen molar-refractivity contribution in [3.8, 4) is 11.5 Å². The Morgan fingerprint density at radius 1 is 1.00 bits per heavy atom. The summed E-state index contributed by atoms with van der Waals surface area (Å²) in [5.74, 6) is 1.66. The summed E-state index contributed by atoms with van der Waals surface area (Å²) in [6.07, 6.45) is 0.950. The van der Waals surface area contributed by atoms with E-state index < -0.39 is 0 Å². The lowest BCUT2D eigenvalue weighted by Gasteiger charge is -2.36. The van der Waals surface area contributed by atoms with Gasteiger partial charge in [0.25, 0.3) is 0 Å². The van der Waals surface area contributed by atoms with Gasteiger partial charge in [0.15, 0.2) is 0 Å². The molecule has 1 fully saturated rings. The molecule has 7 heteroatoms. The molecule has 0 spiro atoms. The SMILES string of the molecule is COc1ccccc1N1CCN(CCCOc2ccc3ccc(=O)oc3c2)CC1.Cl. The van der Waals surface area contributed by atoms with Crippen molar-refractivity contribution in [1.82, 2.24) is 4.90 Å². The summed E-state index contributed by atoms with van der Waals surface area (Å²) in [7, 11) is 1.72. The van der Waals surface area contributed by atoms with Crippen LogP contribution >= 0.6 is 12.4 Å². The Bertz CT molecular complexity index is 1020. The number of ether oxygens (including phenoxy) is 2. The average molecular weight is 431 g/mol. The first-order valence-corrected chi connectivity index (χ1v) is 10.00. The van der Waals surface area contributed by atoms with Gasteiger partial charge in [-0.25, -0.2) is 4.79 Å². The molecular weight excluding hydrogens is 404 g/mol. The van der Waals surface area contributed by atoms with E-state index in [-0.39, 0.29) is 18.0 Å². The molecule has 6 nitrogen and oxygen atoms in total. The maximum Gasteiger partial charge on any atom is 0.336 e. The molecule has 0 saturated carbocycles. The van der Waals surface area contributed by atoms with Crippen LogP contribution in [0.1, 0.15) is 6.42 Å². The highest BCUT2D eigenvalue weighted by atomic mass is 35.5. The monoisotopic (exact) mass is 430 g/mol. The molecule has 1 aliphatic rings. The molecule has 0 unspecified atom stereocenters. The summed E-state index contributed by atoms with van der Waals surface area (Å²) in [6.45, 7) is 5.67. The minimum absolute atomic E-state index is 0. The van der Waals surface area contributed by atoms with Crippen molar-refractivity contribution in [2.24, 2.45) is 0 Å². The van der Waals surface area contributed by atoms with Crippen molar-refractivity contribution in [3.63, 3.8) is 0 Å². The quantitative estimate of drug-likeness (QED) is 0.419. The van der Waals surface area contributed by atoms with Gasteiger partial charge in [-0.3, -0.25) is 4.90 Å². The van der Waals surface area contributed by atoms with Crippen LogP contribution < -0.4 is 20.0 Å². The van der Waals surface area contributed by atoms with Crippen LogP contribution in [-0.4, -0.2) is 51.3 Å². The molecule has 1 aromatic heterocycles. The summed E-state index contributed by atoms with van der Waals surface area (Å²) < 4.78 is 16.5. The molecule has 2 heterocycles. The molecule has 0 radical (unpaired) electrons. The molecule has 4 rings (SSSR count). The summed E-state index contributed by atoms with van der Waals surface area (Å²) >= 11 is 0. The van der Waals surface area contributed by atoms with Crippen molar-refractivity contribution >= 4 is 29.1 Å². The van der Waals surface area contributed by atoms with Crippen LogP contribution in [0.15, 0.2) is 63.8 Å². The van der Waals surface area contributed by atoms with Gasteiger partial charge in [0.05, 0.1) is 19.4 Å². The van der Waals surface area contributed by atoms with E-state index in [9.17, 15) is 4.79 Å². The molecule has 0 amide bonds. The van der Waals surface area contributed by atoms with Crippen LogP contribution in [0.2, 0.25) is 0 Å². The molecule has 30 heavy (non-hydrogen) atoms. The number of rotatable bonds is 7. The molecular formula is C23H27ClN2O4.